The van der Waals surface area contributed by atoms with Crippen molar-refractivity contribution in [2.24, 2.45) is 0 Å². The average Bonchev–Trinajstić information content (AvgIpc) is 2.39. The van der Waals surface area contributed by atoms with Crippen molar-refractivity contribution in [1.82, 2.24) is 0 Å². The summed E-state index contributed by atoms with van der Waals surface area (Å²) in [5.74, 6) is 0. The lowest BCUT2D eigenvalue weighted by molar-refractivity contribution is 0.205. The molecule has 0 aliphatic rings. The van der Waals surface area contributed by atoms with Gasteiger partial charge in [-0.05, 0) is 20.3 Å². The van der Waals surface area contributed by atoms with Gasteiger partial charge in [0.05, 0.1) is 12.7 Å². The molecule has 0 saturated carbocycles. The summed E-state index contributed by atoms with van der Waals surface area (Å²) in [6, 6.07) is 0. The maximum absolute atomic E-state index is 11.2. The number of hydrogen-bond donors (Lipinski definition) is 0. The Bertz CT molecular complexity index is 220. The smallest absolute Gasteiger partial charge is 0.268 e. The Hall–Kier alpha value is 0.0700. The van der Waals surface area contributed by atoms with Crippen molar-refractivity contribution in [3.05, 3.63) is 0 Å². The molecule has 122 valence electrons. The quantitative estimate of drug-likeness (QED) is 0.384. The lowest BCUT2D eigenvalue weighted by Gasteiger charge is -2.06. The zero-order valence-corrected chi connectivity index (χ0v) is 14.5. The van der Waals surface area contributed by atoms with Gasteiger partial charge in [-0.1, -0.05) is 71.1 Å². The Balaban J connectivity index is 3.08. The maximum atomic E-state index is 11.2. The fourth-order valence-electron chi connectivity index (χ4n) is 2.08. The maximum Gasteiger partial charge on any atom is 0.304 e. The van der Waals surface area contributed by atoms with Crippen molar-refractivity contribution < 1.29 is 12.6 Å². The third kappa shape index (κ3) is 16.1. The van der Waals surface area contributed by atoms with Gasteiger partial charge in [0.1, 0.15) is 0 Å². The highest BCUT2D eigenvalue weighted by atomic mass is 32.2. The molecule has 0 N–H and O–H groups in total. The van der Waals surface area contributed by atoms with Gasteiger partial charge in [-0.15, -0.1) is 0 Å². The summed E-state index contributed by atoms with van der Waals surface area (Å²) in [6.07, 6.45) is 14.3. The van der Waals surface area contributed by atoms with Gasteiger partial charge in [0.2, 0.25) is 0 Å². The van der Waals surface area contributed by atoms with E-state index in [4.69, 9.17) is 8.37 Å². The molecule has 0 aromatic carbocycles. The lowest BCUT2D eigenvalue weighted by Crippen LogP contribution is -2.09. The van der Waals surface area contributed by atoms with Crippen LogP contribution in [0.3, 0.4) is 0 Å². The summed E-state index contributed by atoms with van der Waals surface area (Å²) in [7, 11) is 0. The number of rotatable bonds is 15. The third-order valence-electron chi connectivity index (χ3n) is 3.20. The summed E-state index contributed by atoms with van der Waals surface area (Å²) < 4.78 is 21.3. The van der Waals surface area contributed by atoms with E-state index in [9.17, 15) is 4.21 Å². The first-order valence-corrected chi connectivity index (χ1v) is 9.39. The molecule has 20 heavy (non-hydrogen) atoms. The molecule has 0 saturated heterocycles. The van der Waals surface area contributed by atoms with Gasteiger partial charge in [-0.2, -0.15) is 4.21 Å². The first-order valence-electron chi connectivity index (χ1n) is 8.39. The highest BCUT2D eigenvalue weighted by Gasteiger charge is 2.03. The molecule has 0 spiro atoms. The molecule has 0 aromatic heterocycles. The van der Waals surface area contributed by atoms with Crippen molar-refractivity contribution in [1.29, 1.82) is 0 Å². The average molecular weight is 307 g/mol. The molecule has 3 nitrogen and oxygen atoms in total. The van der Waals surface area contributed by atoms with E-state index in [0.717, 1.165) is 12.8 Å². The normalized spacial score (nSPS) is 13.0. The second-order valence-corrected chi connectivity index (χ2v) is 6.54. The number of unbranched alkanes of at least 4 members (excludes halogenated alkanes) is 10. The Morgan fingerprint density at radius 1 is 0.800 bits per heavy atom. The van der Waals surface area contributed by atoms with Crippen LogP contribution >= 0.6 is 0 Å². The lowest BCUT2D eigenvalue weighted by atomic mass is 10.1. The van der Waals surface area contributed by atoms with Gasteiger partial charge >= 0.3 is 11.4 Å². The standard InChI is InChI=1S/C16H34O3S/c1-4-5-6-7-8-9-10-11-12-13-14-15-18-20(17)19-16(2)3/h16H,4-15H2,1-3H3. The van der Waals surface area contributed by atoms with E-state index < -0.39 is 11.4 Å². The minimum absolute atomic E-state index is 0.0480. The number of hydrogen-bond acceptors (Lipinski definition) is 3. The van der Waals surface area contributed by atoms with Crippen LogP contribution in [0.4, 0.5) is 0 Å². The summed E-state index contributed by atoms with van der Waals surface area (Å²) in [5, 5.41) is 0. The van der Waals surface area contributed by atoms with Gasteiger partial charge in [-0.25, -0.2) is 0 Å². The van der Waals surface area contributed by atoms with E-state index >= 15 is 0 Å². The van der Waals surface area contributed by atoms with Crippen LogP contribution in [-0.4, -0.2) is 16.9 Å². The van der Waals surface area contributed by atoms with Crippen LogP contribution in [0.1, 0.15) is 91.4 Å². The molecule has 0 amide bonds. The SMILES string of the molecule is CCCCCCCCCCCCCOS(=O)OC(C)C. The van der Waals surface area contributed by atoms with E-state index in [-0.39, 0.29) is 6.10 Å². The van der Waals surface area contributed by atoms with E-state index in [1.54, 1.807) is 0 Å². The first-order chi connectivity index (χ1) is 9.66. The third-order valence-corrected chi connectivity index (χ3v) is 4.10. The predicted molar refractivity (Wildman–Crippen MR) is 86.8 cm³/mol. The van der Waals surface area contributed by atoms with Crippen LogP contribution in [-0.2, 0) is 19.7 Å². The van der Waals surface area contributed by atoms with Crippen molar-refractivity contribution in [2.45, 2.75) is 97.5 Å². The van der Waals surface area contributed by atoms with Crippen molar-refractivity contribution in [3.8, 4) is 0 Å². The zero-order valence-electron chi connectivity index (χ0n) is 13.7. The van der Waals surface area contributed by atoms with Gasteiger partial charge in [0.15, 0.2) is 0 Å². The fourth-order valence-corrected chi connectivity index (χ4v) is 2.70. The highest BCUT2D eigenvalue weighted by Crippen LogP contribution is 2.11. The van der Waals surface area contributed by atoms with Crippen LogP contribution in [0, 0.1) is 0 Å². The van der Waals surface area contributed by atoms with Crippen LogP contribution in [0.25, 0.3) is 0 Å². The van der Waals surface area contributed by atoms with Crippen LogP contribution < -0.4 is 0 Å². The molecule has 4 heteroatoms. The van der Waals surface area contributed by atoms with E-state index in [0.29, 0.717) is 6.61 Å². The van der Waals surface area contributed by atoms with Crippen LogP contribution in [0.5, 0.6) is 0 Å². The molecule has 0 aliphatic heterocycles. The molecule has 0 aromatic rings. The van der Waals surface area contributed by atoms with E-state index in [1.807, 2.05) is 13.8 Å². The summed E-state index contributed by atoms with van der Waals surface area (Å²) >= 11 is -1.56. The second kappa shape index (κ2) is 15.5. The minimum atomic E-state index is -1.56. The largest absolute Gasteiger partial charge is 0.304 e. The summed E-state index contributed by atoms with van der Waals surface area (Å²) in [4.78, 5) is 0. The summed E-state index contributed by atoms with van der Waals surface area (Å²) in [6.45, 7) is 6.50. The Kier molecular flexibility index (Phi) is 15.5. The Morgan fingerprint density at radius 3 is 1.70 bits per heavy atom. The van der Waals surface area contributed by atoms with Crippen molar-refractivity contribution in [3.63, 3.8) is 0 Å². The van der Waals surface area contributed by atoms with Gasteiger partial charge in [0.25, 0.3) is 0 Å². The molecule has 0 aliphatic carbocycles. The minimum Gasteiger partial charge on any atom is -0.268 e. The van der Waals surface area contributed by atoms with E-state index in [2.05, 4.69) is 6.92 Å². The zero-order chi connectivity index (χ0) is 15.1. The van der Waals surface area contributed by atoms with Gasteiger partial charge < -0.3 is 0 Å². The van der Waals surface area contributed by atoms with Crippen LogP contribution in [0.15, 0.2) is 0 Å². The second-order valence-electron chi connectivity index (χ2n) is 5.71. The molecule has 0 bridgehead atoms. The molecule has 1 unspecified atom stereocenters. The highest BCUT2D eigenvalue weighted by molar-refractivity contribution is 7.75. The predicted octanol–water partition coefficient (Wildman–Crippen LogP) is 5.32. The molecule has 0 fully saturated rings. The van der Waals surface area contributed by atoms with Gasteiger partial charge in [0, 0.05) is 0 Å². The Labute approximate surface area is 128 Å². The van der Waals surface area contributed by atoms with E-state index in [1.165, 1.54) is 57.8 Å². The Morgan fingerprint density at radius 2 is 1.25 bits per heavy atom. The molecular weight excluding hydrogens is 272 g/mol. The molecule has 0 heterocycles. The molecule has 0 rings (SSSR count). The first kappa shape index (κ1) is 20.1. The monoisotopic (exact) mass is 306 g/mol. The van der Waals surface area contributed by atoms with Crippen molar-refractivity contribution >= 4 is 11.4 Å². The topological polar surface area (TPSA) is 35.5 Å². The van der Waals surface area contributed by atoms with Crippen LogP contribution in [0.2, 0.25) is 0 Å². The fraction of sp³-hybridized carbons (Fsp3) is 1.00. The summed E-state index contributed by atoms with van der Waals surface area (Å²) in [5.41, 5.74) is 0. The van der Waals surface area contributed by atoms with Crippen molar-refractivity contribution in [2.75, 3.05) is 6.61 Å². The molecule has 1 atom stereocenters. The molecular formula is C16H34O3S. The van der Waals surface area contributed by atoms with Gasteiger partial charge in [-0.3, -0.25) is 8.37 Å². The molecule has 0 radical (unpaired) electrons.